The molecule has 0 aliphatic carbocycles. The van der Waals surface area contributed by atoms with Gasteiger partial charge >= 0.3 is 5.97 Å². The maximum Gasteiger partial charge on any atom is 0.335 e. The van der Waals surface area contributed by atoms with Crippen molar-refractivity contribution in [3.05, 3.63) is 12.7 Å². The predicted octanol–water partition coefficient (Wildman–Crippen LogP) is 0.673. The molecule has 2 nitrogen and oxygen atoms in total. The summed E-state index contributed by atoms with van der Waals surface area (Å²) in [6.07, 6.45) is 1.04. The van der Waals surface area contributed by atoms with Crippen molar-refractivity contribution in [2.75, 3.05) is 0 Å². The fourth-order valence-electron chi connectivity index (χ4n) is 0.0955. The minimum Gasteiger partial charge on any atom is -0.419 e. The van der Waals surface area contributed by atoms with Crippen LogP contribution >= 0.6 is 12.2 Å². The Bertz CT molecular complexity index is 97.9. The first-order valence-electron chi connectivity index (χ1n) is 1.58. The molecule has 0 N–H and O–H groups in total. The number of rotatable bonds is 2. The molecule has 0 aromatic heterocycles. The van der Waals surface area contributed by atoms with Gasteiger partial charge in [0, 0.05) is 6.08 Å². The van der Waals surface area contributed by atoms with Crippen LogP contribution in [0.4, 0.5) is 0 Å². The summed E-state index contributed by atoms with van der Waals surface area (Å²) < 4.78 is 4.12. The molecule has 0 saturated heterocycles. The Hall–Kier alpha value is -0.700. The summed E-state index contributed by atoms with van der Waals surface area (Å²) in [6, 6.07) is 0. The Balaban J connectivity index is 3.36. The van der Waals surface area contributed by atoms with Gasteiger partial charge in [-0.25, -0.2) is 4.79 Å². The Morgan fingerprint density at radius 1 is 1.86 bits per heavy atom. The van der Waals surface area contributed by atoms with Crippen molar-refractivity contribution in [1.29, 1.82) is 0 Å². The van der Waals surface area contributed by atoms with Crippen LogP contribution in [0.25, 0.3) is 0 Å². The fraction of sp³-hybridized carbons (Fsp3) is 0. The van der Waals surface area contributed by atoms with E-state index in [0.29, 0.717) is 0 Å². The third-order valence-electron chi connectivity index (χ3n) is 0.331. The first-order valence-corrected chi connectivity index (χ1v) is 2.05. The van der Waals surface area contributed by atoms with E-state index in [0.717, 1.165) is 11.6 Å². The average Bonchev–Trinajstić information content (AvgIpc) is 1.68. The van der Waals surface area contributed by atoms with Gasteiger partial charge in [-0.3, -0.25) is 0 Å². The quantitative estimate of drug-likeness (QED) is 0.301. The summed E-state index contributed by atoms with van der Waals surface area (Å²) in [5.41, 5.74) is 0.893. The highest BCUT2D eigenvalue weighted by Gasteiger charge is 1.85. The summed E-state index contributed by atoms with van der Waals surface area (Å²) in [5.74, 6) is -0.519. The summed E-state index contributed by atoms with van der Waals surface area (Å²) in [7, 11) is 0. The van der Waals surface area contributed by atoms with E-state index in [1.807, 2.05) is 0 Å². The van der Waals surface area contributed by atoms with Crippen LogP contribution in [0.3, 0.4) is 0 Å². The zero-order valence-electron chi connectivity index (χ0n) is 3.59. The number of esters is 1. The molecule has 0 bridgehead atoms. The van der Waals surface area contributed by atoms with Crippen LogP contribution < -0.4 is 0 Å². The molecule has 0 heterocycles. The van der Waals surface area contributed by atoms with E-state index >= 15 is 0 Å². The molecule has 0 aliphatic heterocycles. The van der Waals surface area contributed by atoms with E-state index < -0.39 is 5.97 Å². The number of carbonyl (C=O) groups excluding carboxylic acids is 1. The van der Waals surface area contributed by atoms with Gasteiger partial charge in [0.05, 0.1) is 0 Å². The summed E-state index contributed by atoms with van der Waals surface area (Å²) in [5, 5.41) is 0. The van der Waals surface area contributed by atoms with Gasteiger partial charge in [-0.1, -0.05) is 6.58 Å². The number of hydrogen-bond acceptors (Lipinski definition) is 3. The molecule has 0 saturated carbocycles. The van der Waals surface area contributed by atoms with E-state index in [-0.39, 0.29) is 0 Å². The SMILES string of the molecule is C=CC(=O)OC=S. The van der Waals surface area contributed by atoms with Crippen LogP contribution in [0.2, 0.25) is 0 Å². The van der Waals surface area contributed by atoms with Crippen LogP contribution in [-0.4, -0.2) is 11.5 Å². The van der Waals surface area contributed by atoms with Gasteiger partial charge in [-0.2, -0.15) is 0 Å². The van der Waals surface area contributed by atoms with Crippen molar-refractivity contribution in [3.63, 3.8) is 0 Å². The van der Waals surface area contributed by atoms with Gasteiger partial charge in [0.1, 0.15) is 0 Å². The van der Waals surface area contributed by atoms with E-state index in [4.69, 9.17) is 0 Å². The van der Waals surface area contributed by atoms with Crippen LogP contribution in [0.1, 0.15) is 0 Å². The van der Waals surface area contributed by atoms with Gasteiger partial charge in [0.15, 0.2) is 5.55 Å². The van der Waals surface area contributed by atoms with E-state index in [1.165, 1.54) is 0 Å². The minimum atomic E-state index is -0.519. The molecule has 7 heavy (non-hydrogen) atoms. The van der Waals surface area contributed by atoms with Crippen LogP contribution in [-0.2, 0) is 9.53 Å². The first-order chi connectivity index (χ1) is 3.31. The molecule has 0 amide bonds. The molecule has 0 unspecified atom stereocenters. The molecule has 0 spiro atoms. The molecule has 0 aliphatic rings. The predicted molar refractivity (Wildman–Crippen MR) is 29.9 cm³/mol. The van der Waals surface area contributed by atoms with Crippen molar-refractivity contribution >= 4 is 23.7 Å². The average molecular weight is 116 g/mol. The highest BCUT2D eigenvalue weighted by molar-refractivity contribution is 7.78. The van der Waals surface area contributed by atoms with E-state index in [1.54, 1.807) is 0 Å². The third kappa shape index (κ3) is 3.12. The molecule has 0 rings (SSSR count). The van der Waals surface area contributed by atoms with Crippen LogP contribution in [0.5, 0.6) is 0 Å². The summed E-state index contributed by atoms with van der Waals surface area (Å²) in [4.78, 5) is 9.97. The van der Waals surface area contributed by atoms with Gasteiger partial charge in [0.25, 0.3) is 0 Å². The Morgan fingerprint density at radius 3 is 2.57 bits per heavy atom. The first kappa shape index (κ1) is 6.30. The Kier molecular flexibility index (Phi) is 3.14. The molecular formula is C4H4O2S. The third-order valence-corrected chi connectivity index (χ3v) is 0.427. The maximum absolute atomic E-state index is 9.97. The van der Waals surface area contributed by atoms with Gasteiger partial charge < -0.3 is 4.74 Å². The lowest BCUT2D eigenvalue weighted by molar-refractivity contribution is -0.129. The van der Waals surface area contributed by atoms with Crippen molar-refractivity contribution < 1.29 is 9.53 Å². The Labute approximate surface area is 46.8 Å². The van der Waals surface area contributed by atoms with Gasteiger partial charge in [0.2, 0.25) is 0 Å². The summed E-state index contributed by atoms with van der Waals surface area (Å²) in [6.45, 7) is 3.14. The van der Waals surface area contributed by atoms with Crippen molar-refractivity contribution in [2.45, 2.75) is 0 Å². The van der Waals surface area contributed by atoms with Crippen molar-refractivity contribution in [3.8, 4) is 0 Å². The normalized spacial score (nSPS) is 6.86. The van der Waals surface area contributed by atoms with Gasteiger partial charge in [-0.05, 0) is 12.2 Å². The highest BCUT2D eigenvalue weighted by Crippen LogP contribution is 1.71. The fourth-order valence-corrected chi connectivity index (χ4v) is 0.190. The standard InChI is InChI=1S/C4H4O2S/c1-2-4(5)6-3-7/h2-3H,1H2. The lowest BCUT2D eigenvalue weighted by atomic mass is 10.7. The number of hydrogen-bond donors (Lipinski definition) is 0. The van der Waals surface area contributed by atoms with E-state index in [2.05, 4.69) is 23.5 Å². The maximum atomic E-state index is 9.97. The monoisotopic (exact) mass is 116 g/mol. The van der Waals surface area contributed by atoms with Gasteiger partial charge in [-0.15, -0.1) is 0 Å². The smallest absolute Gasteiger partial charge is 0.335 e. The molecule has 38 valence electrons. The number of ether oxygens (including phenoxy) is 1. The Morgan fingerprint density at radius 2 is 2.43 bits per heavy atom. The second-order valence-corrected chi connectivity index (χ2v) is 0.930. The lowest BCUT2D eigenvalue weighted by Gasteiger charge is -1.83. The molecule has 0 aromatic carbocycles. The van der Waals surface area contributed by atoms with E-state index in [9.17, 15) is 4.79 Å². The molecule has 0 fully saturated rings. The molecular weight excluding hydrogens is 112 g/mol. The lowest BCUT2D eigenvalue weighted by Crippen LogP contribution is -1.94. The number of thiocarbonyl (C=S) groups is 1. The second-order valence-electron chi connectivity index (χ2n) is 0.737. The zero-order chi connectivity index (χ0) is 5.70. The van der Waals surface area contributed by atoms with Crippen LogP contribution in [0.15, 0.2) is 12.7 Å². The highest BCUT2D eigenvalue weighted by atomic mass is 32.1. The summed E-state index contributed by atoms with van der Waals surface area (Å²) >= 11 is 4.18. The van der Waals surface area contributed by atoms with Crippen molar-refractivity contribution in [1.82, 2.24) is 0 Å². The zero-order valence-corrected chi connectivity index (χ0v) is 4.40. The minimum absolute atomic E-state index is 0.519. The molecule has 3 heteroatoms. The molecule has 0 aromatic rings. The number of carbonyl (C=O) groups is 1. The topological polar surface area (TPSA) is 26.3 Å². The van der Waals surface area contributed by atoms with Crippen molar-refractivity contribution in [2.24, 2.45) is 0 Å². The molecule has 0 atom stereocenters. The second kappa shape index (κ2) is 3.49. The van der Waals surface area contributed by atoms with Crippen LogP contribution in [0, 0.1) is 0 Å². The largest absolute Gasteiger partial charge is 0.419 e. The molecule has 0 radical (unpaired) electrons.